The van der Waals surface area contributed by atoms with Crippen LogP contribution in [0.4, 0.5) is 5.69 Å². The van der Waals surface area contributed by atoms with E-state index in [2.05, 4.69) is 15.5 Å². The van der Waals surface area contributed by atoms with Crippen LogP contribution in [-0.4, -0.2) is 42.1 Å². The Bertz CT molecular complexity index is 816. The summed E-state index contributed by atoms with van der Waals surface area (Å²) in [6, 6.07) is 9.37. The van der Waals surface area contributed by atoms with Crippen LogP contribution < -0.4 is 10.6 Å². The standard InChI is InChI=1S/C20H23N3O3S/c24-19-7-11-27-18-6-5-14(12-15(18)22-19)20(25)21-13-16(17-4-3-10-26-17)23-8-1-2-9-23/h3-6,10,12,16H,1-2,7-9,11,13H2,(H,21,25)(H,22,24)/t16-/m0/s1. The summed E-state index contributed by atoms with van der Waals surface area (Å²) in [7, 11) is 0. The molecule has 2 amide bonds. The lowest BCUT2D eigenvalue weighted by atomic mass is 10.1. The number of furan rings is 1. The minimum Gasteiger partial charge on any atom is -0.468 e. The number of thioether (sulfide) groups is 1. The van der Waals surface area contributed by atoms with Crippen molar-refractivity contribution in [2.45, 2.75) is 30.2 Å². The van der Waals surface area contributed by atoms with Crippen molar-refractivity contribution in [1.82, 2.24) is 10.2 Å². The topological polar surface area (TPSA) is 74.6 Å². The Morgan fingerprint density at radius 1 is 1.30 bits per heavy atom. The molecule has 0 unspecified atom stereocenters. The van der Waals surface area contributed by atoms with Crippen molar-refractivity contribution in [3.8, 4) is 0 Å². The van der Waals surface area contributed by atoms with E-state index in [1.54, 1.807) is 24.1 Å². The third-order valence-corrected chi connectivity index (χ3v) is 6.09. The summed E-state index contributed by atoms with van der Waals surface area (Å²) in [6.45, 7) is 2.53. The summed E-state index contributed by atoms with van der Waals surface area (Å²) < 4.78 is 5.60. The molecule has 0 bridgehead atoms. The lowest BCUT2D eigenvalue weighted by Crippen LogP contribution is -2.36. The van der Waals surface area contributed by atoms with Crippen molar-refractivity contribution >= 4 is 29.3 Å². The lowest BCUT2D eigenvalue weighted by Gasteiger charge is -2.26. The zero-order chi connectivity index (χ0) is 18.6. The third-order valence-electron chi connectivity index (χ3n) is 5.01. The number of benzene rings is 1. The predicted molar refractivity (Wildman–Crippen MR) is 105 cm³/mol. The molecule has 3 heterocycles. The summed E-state index contributed by atoms with van der Waals surface area (Å²) in [4.78, 5) is 27.8. The molecule has 6 nitrogen and oxygen atoms in total. The molecule has 2 aromatic rings. The van der Waals surface area contributed by atoms with Crippen LogP contribution in [0.3, 0.4) is 0 Å². The summed E-state index contributed by atoms with van der Waals surface area (Å²) in [5.41, 5.74) is 1.27. The van der Waals surface area contributed by atoms with Gasteiger partial charge in [-0.1, -0.05) is 0 Å². The number of nitrogens with one attached hydrogen (secondary N) is 2. The van der Waals surface area contributed by atoms with Gasteiger partial charge in [0.25, 0.3) is 5.91 Å². The first-order valence-electron chi connectivity index (χ1n) is 9.33. The minimum absolute atomic E-state index is 0.00859. The Hall–Kier alpha value is -2.25. The van der Waals surface area contributed by atoms with Gasteiger partial charge in [0, 0.05) is 29.2 Å². The van der Waals surface area contributed by atoms with Crippen LogP contribution >= 0.6 is 11.8 Å². The van der Waals surface area contributed by atoms with Crippen LogP contribution in [0.5, 0.6) is 0 Å². The summed E-state index contributed by atoms with van der Waals surface area (Å²) in [5.74, 6) is 1.48. The highest BCUT2D eigenvalue weighted by Gasteiger charge is 2.26. The molecule has 1 fully saturated rings. The molecule has 27 heavy (non-hydrogen) atoms. The van der Waals surface area contributed by atoms with Crippen LogP contribution in [0.15, 0.2) is 45.9 Å². The predicted octanol–water partition coefficient (Wildman–Crippen LogP) is 3.28. The number of likely N-dealkylation sites (tertiary alicyclic amines) is 1. The number of fused-ring (bicyclic) bond motifs is 1. The van der Waals surface area contributed by atoms with Gasteiger partial charge in [0.05, 0.1) is 18.0 Å². The summed E-state index contributed by atoms with van der Waals surface area (Å²) in [5, 5.41) is 5.92. The van der Waals surface area contributed by atoms with E-state index in [-0.39, 0.29) is 17.9 Å². The van der Waals surface area contributed by atoms with E-state index in [4.69, 9.17) is 4.42 Å². The molecule has 1 saturated heterocycles. The highest BCUT2D eigenvalue weighted by molar-refractivity contribution is 7.99. The van der Waals surface area contributed by atoms with Gasteiger partial charge >= 0.3 is 0 Å². The molecule has 0 aliphatic carbocycles. The van der Waals surface area contributed by atoms with E-state index in [1.165, 1.54) is 12.8 Å². The highest BCUT2D eigenvalue weighted by Crippen LogP contribution is 2.31. The second-order valence-electron chi connectivity index (χ2n) is 6.84. The zero-order valence-corrected chi connectivity index (χ0v) is 15.9. The highest BCUT2D eigenvalue weighted by atomic mass is 32.2. The largest absolute Gasteiger partial charge is 0.468 e. The van der Waals surface area contributed by atoms with Crippen LogP contribution in [0.25, 0.3) is 0 Å². The maximum absolute atomic E-state index is 12.7. The Kier molecular flexibility index (Phi) is 5.50. The molecule has 7 heteroatoms. The third kappa shape index (κ3) is 4.20. The van der Waals surface area contributed by atoms with E-state index in [9.17, 15) is 9.59 Å². The van der Waals surface area contributed by atoms with Crippen molar-refractivity contribution in [2.24, 2.45) is 0 Å². The second-order valence-corrected chi connectivity index (χ2v) is 7.98. The van der Waals surface area contributed by atoms with Crippen LogP contribution in [0.1, 0.15) is 41.4 Å². The minimum atomic E-state index is -0.142. The van der Waals surface area contributed by atoms with Crippen molar-refractivity contribution in [2.75, 3.05) is 30.7 Å². The van der Waals surface area contributed by atoms with Crippen molar-refractivity contribution in [3.05, 3.63) is 47.9 Å². The molecule has 0 saturated carbocycles. The maximum atomic E-state index is 12.7. The quantitative estimate of drug-likeness (QED) is 0.826. The fraction of sp³-hybridized carbons (Fsp3) is 0.400. The molecule has 0 spiro atoms. The number of hydrogen-bond acceptors (Lipinski definition) is 5. The monoisotopic (exact) mass is 385 g/mol. The Balaban J connectivity index is 1.46. The van der Waals surface area contributed by atoms with Gasteiger partial charge < -0.3 is 15.1 Å². The first-order valence-corrected chi connectivity index (χ1v) is 10.3. The number of carbonyl (C=O) groups excluding carboxylic acids is 2. The van der Waals surface area contributed by atoms with Crippen LogP contribution in [0.2, 0.25) is 0 Å². The van der Waals surface area contributed by atoms with Gasteiger partial charge in [0.15, 0.2) is 0 Å². The SMILES string of the molecule is O=C1CCSc2ccc(C(=O)NC[C@@H](c3ccco3)N3CCCC3)cc2N1. The molecule has 1 atom stereocenters. The molecule has 2 N–H and O–H groups in total. The van der Waals surface area contributed by atoms with Gasteiger partial charge in [-0.3, -0.25) is 14.5 Å². The average Bonchev–Trinajstić information content (AvgIpc) is 3.34. The smallest absolute Gasteiger partial charge is 0.251 e. The number of nitrogens with zero attached hydrogens (tertiary/aromatic N) is 1. The van der Waals surface area contributed by atoms with E-state index in [0.717, 1.165) is 35.2 Å². The van der Waals surface area contributed by atoms with E-state index >= 15 is 0 Å². The van der Waals surface area contributed by atoms with Crippen molar-refractivity contribution in [3.63, 3.8) is 0 Å². The van der Waals surface area contributed by atoms with Crippen molar-refractivity contribution < 1.29 is 14.0 Å². The molecule has 2 aliphatic rings. The summed E-state index contributed by atoms with van der Waals surface area (Å²) >= 11 is 1.63. The molecule has 4 rings (SSSR count). The average molecular weight is 385 g/mol. The summed E-state index contributed by atoms with van der Waals surface area (Å²) in [6.07, 6.45) is 4.51. The molecule has 0 radical (unpaired) electrons. The van der Waals surface area contributed by atoms with E-state index in [1.807, 2.05) is 24.3 Å². The van der Waals surface area contributed by atoms with E-state index in [0.29, 0.717) is 18.5 Å². The number of rotatable bonds is 5. The van der Waals surface area contributed by atoms with Crippen LogP contribution in [0, 0.1) is 0 Å². The van der Waals surface area contributed by atoms with Gasteiger partial charge in [-0.2, -0.15) is 0 Å². The number of anilines is 1. The second kappa shape index (κ2) is 8.19. The molecular formula is C20H23N3O3S. The molecule has 142 valence electrons. The molecular weight excluding hydrogens is 362 g/mol. The fourth-order valence-electron chi connectivity index (χ4n) is 3.60. The van der Waals surface area contributed by atoms with Crippen LogP contribution in [-0.2, 0) is 4.79 Å². The Morgan fingerprint density at radius 3 is 2.93 bits per heavy atom. The van der Waals surface area contributed by atoms with Gasteiger partial charge in [-0.05, 0) is 56.3 Å². The fourth-order valence-corrected chi connectivity index (χ4v) is 4.53. The molecule has 1 aromatic heterocycles. The normalized spacial score (nSPS) is 18.4. The molecule has 1 aromatic carbocycles. The number of carbonyl (C=O) groups is 2. The lowest BCUT2D eigenvalue weighted by molar-refractivity contribution is -0.115. The Labute approximate surface area is 162 Å². The Morgan fingerprint density at radius 2 is 2.15 bits per heavy atom. The molecule has 2 aliphatic heterocycles. The van der Waals surface area contributed by atoms with Gasteiger partial charge in [-0.15, -0.1) is 11.8 Å². The first-order chi connectivity index (χ1) is 13.2. The van der Waals surface area contributed by atoms with E-state index < -0.39 is 0 Å². The van der Waals surface area contributed by atoms with Crippen molar-refractivity contribution in [1.29, 1.82) is 0 Å². The zero-order valence-electron chi connectivity index (χ0n) is 15.1. The maximum Gasteiger partial charge on any atom is 0.251 e. The first kappa shape index (κ1) is 18.1. The number of amides is 2. The van der Waals surface area contributed by atoms with Gasteiger partial charge in [0.2, 0.25) is 5.91 Å². The van der Waals surface area contributed by atoms with Gasteiger partial charge in [0.1, 0.15) is 5.76 Å². The van der Waals surface area contributed by atoms with Gasteiger partial charge in [-0.25, -0.2) is 0 Å². The number of hydrogen-bond donors (Lipinski definition) is 2.